The van der Waals surface area contributed by atoms with E-state index in [0.29, 0.717) is 35.1 Å². The van der Waals surface area contributed by atoms with E-state index < -0.39 is 0 Å². The molecule has 3 N–H and O–H groups in total. The van der Waals surface area contributed by atoms with Gasteiger partial charge in [-0.05, 0) is 36.2 Å². The van der Waals surface area contributed by atoms with Gasteiger partial charge >= 0.3 is 0 Å². The number of nitrogens with two attached hydrogens (primary N) is 1. The molecule has 0 saturated heterocycles. The number of nitrogens with zero attached hydrogens (tertiary/aromatic N) is 1. The number of carbonyl (C=O) groups excluding carboxylic acids is 1. The molecule has 0 aliphatic rings. The SMILES string of the molecule is CCCOc1c(OC)cc(/C=N\NC(=O)Cc2ccc(N)cc2)cc1OC. The van der Waals surface area contributed by atoms with Crippen LogP contribution in [0.3, 0.4) is 0 Å². The van der Waals surface area contributed by atoms with Crippen LogP contribution < -0.4 is 25.4 Å². The topological polar surface area (TPSA) is 95.2 Å². The fraction of sp³-hybridized carbons (Fsp3) is 0.300. The van der Waals surface area contributed by atoms with Crippen molar-refractivity contribution in [2.45, 2.75) is 19.8 Å². The minimum Gasteiger partial charge on any atom is -0.493 e. The molecular formula is C20H25N3O4. The lowest BCUT2D eigenvalue weighted by Gasteiger charge is -2.14. The number of nitrogen functional groups attached to an aromatic ring is 1. The van der Waals surface area contributed by atoms with Crippen molar-refractivity contribution in [3.05, 3.63) is 47.5 Å². The van der Waals surface area contributed by atoms with Crippen LogP contribution in [-0.4, -0.2) is 32.9 Å². The lowest BCUT2D eigenvalue weighted by molar-refractivity contribution is -0.120. The standard InChI is InChI=1S/C20H25N3O4/c1-4-9-27-20-17(25-2)10-15(11-18(20)26-3)13-22-23-19(24)12-14-5-7-16(21)8-6-14/h5-8,10-11,13H,4,9,12,21H2,1-3H3,(H,23,24)/b22-13-. The zero-order valence-electron chi connectivity index (χ0n) is 15.8. The van der Waals surface area contributed by atoms with Gasteiger partial charge in [-0.3, -0.25) is 4.79 Å². The summed E-state index contributed by atoms with van der Waals surface area (Å²) < 4.78 is 16.5. The van der Waals surface area contributed by atoms with Gasteiger partial charge in [0.05, 0.1) is 33.5 Å². The highest BCUT2D eigenvalue weighted by Crippen LogP contribution is 2.38. The van der Waals surface area contributed by atoms with Crippen LogP contribution in [0.4, 0.5) is 5.69 Å². The van der Waals surface area contributed by atoms with Gasteiger partial charge in [0.2, 0.25) is 11.7 Å². The van der Waals surface area contributed by atoms with Crippen molar-refractivity contribution < 1.29 is 19.0 Å². The van der Waals surface area contributed by atoms with Crippen molar-refractivity contribution in [2.24, 2.45) is 5.10 Å². The molecule has 0 saturated carbocycles. The van der Waals surface area contributed by atoms with Crippen molar-refractivity contribution in [3.63, 3.8) is 0 Å². The van der Waals surface area contributed by atoms with Crippen molar-refractivity contribution >= 4 is 17.8 Å². The highest BCUT2D eigenvalue weighted by atomic mass is 16.5. The van der Waals surface area contributed by atoms with Gasteiger partial charge in [0.1, 0.15) is 0 Å². The van der Waals surface area contributed by atoms with Crippen molar-refractivity contribution in [2.75, 3.05) is 26.6 Å². The fourth-order valence-electron chi connectivity index (χ4n) is 2.36. The Balaban J connectivity index is 2.04. The predicted molar refractivity (Wildman–Crippen MR) is 106 cm³/mol. The molecule has 0 spiro atoms. The monoisotopic (exact) mass is 371 g/mol. The maximum absolute atomic E-state index is 12.0. The van der Waals surface area contributed by atoms with E-state index in [1.807, 2.05) is 19.1 Å². The summed E-state index contributed by atoms with van der Waals surface area (Å²) in [6.07, 6.45) is 2.61. The number of nitrogens with one attached hydrogen (secondary N) is 1. The quantitative estimate of drug-likeness (QED) is 0.401. The third kappa shape index (κ3) is 5.91. The molecule has 0 aliphatic heterocycles. The molecule has 0 atom stereocenters. The Hall–Kier alpha value is -3.22. The van der Waals surface area contributed by atoms with Crippen LogP contribution in [0.2, 0.25) is 0 Å². The van der Waals surface area contributed by atoms with Gasteiger partial charge in [0.15, 0.2) is 11.5 Å². The minimum atomic E-state index is -0.224. The van der Waals surface area contributed by atoms with Gasteiger partial charge in [-0.1, -0.05) is 19.1 Å². The Morgan fingerprint density at radius 3 is 2.33 bits per heavy atom. The summed E-state index contributed by atoms with van der Waals surface area (Å²) in [5.41, 5.74) is 10.4. The number of anilines is 1. The number of benzene rings is 2. The molecule has 0 aliphatic carbocycles. The van der Waals surface area contributed by atoms with Gasteiger partial charge in [0, 0.05) is 11.3 Å². The number of hydrogen-bond acceptors (Lipinski definition) is 6. The summed E-state index contributed by atoms with van der Waals surface area (Å²) in [7, 11) is 3.12. The lowest BCUT2D eigenvalue weighted by Crippen LogP contribution is -2.19. The highest BCUT2D eigenvalue weighted by Gasteiger charge is 2.13. The van der Waals surface area contributed by atoms with Crippen LogP contribution >= 0.6 is 0 Å². The summed E-state index contributed by atoms with van der Waals surface area (Å²) in [5, 5.41) is 4.00. The zero-order valence-corrected chi connectivity index (χ0v) is 15.8. The zero-order chi connectivity index (χ0) is 19.6. The fourth-order valence-corrected chi connectivity index (χ4v) is 2.36. The molecule has 144 valence electrons. The Kier molecular flexibility index (Phi) is 7.49. The van der Waals surface area contributed by atoms with E-state index in [2.05, 4.69) is 10.5 Å². The number of carbonyl (C=O) groups is 1. The van der Waals surface area contributed by atoms with E-state index in [4.69, 9.17) is 19.9 Å². The van der Waals surface area contributed by atoms with Crippen LogP contribution in [0.5, 0.6) is 17.2 Å². The van der Waals surface area contributed by atoms with Crippen LogP contribution in [-0.2, 0) is 11.2 Å². The van der Waals surface area contributed by atoms with Gasteiger partial charge in [-0.2, -0.15) is 5.10 Å². The first-order valence-corrected chi connectivity index (χ1v) is 8.62. The molecule has 0 unspecified atom stereocenters. The van der Waals surface area contributed by atoms with Crippen LogP contribution in [0.25, 0.3) is 0 Å². The number of hydrogen-bond donors (Lipinski definition) is 2. The molecule has 0 heterocycles. The Labute approximate surface area is 159 Å². The maximum Gasteiger partial charge on any atom is 0.244 e. The molecule has 0 bridgehead atoms. The third-order valence-corrected chi connectivity index (χ3v) is 3.68. The smallest absolute Gasteiger partial charge is 0.244 e. The van der Waals surface area contributed by atoms with E-state index in [9.17, 15) is 4.79 Å². The number of methoxy groups -OCH3 is 2. The summed E-state index contributed by atoms with van der Waals surface area (Å²) in [6, 6.07) is 10.7. The molecule has 0 fully saturated rings. The van der Waals surface area contributed by atoms with Gasteiger partial charge < -0.3 is 19.9 Å². The first-order chi connectivity index (χ1) is 13.1. The Bertz CT molecular complexity index is 763. The van der Waals surface area contributed by atoms with Crippen LogP contribution in [0, 0.1) is 0 Å². The Morgan fingerprint density at radius 1 is 1.15 bits per heavy atom. The summed E-state index contributed by atoms with van der Waals surface area (Å²) in [4.78, 5) is 12.0. The lowest BCUT2D eigenvalue weighted by atomic mass is 10.1. The summed E-state index contributed by atoms with van der Waals surface area (Å²) >= 11 is 0. The molecule has 27 heavy (non-hydrogen) atoms. The van der Waals surface area contributed by atoms with Crippen molar-refractivity contribution in [3.8, 4) is 17.2 Å². The molecule has 1 amide bonds. The molecule has 2 aromatic carbocycles. The third-order valence-electron chi connectivity index (χ3n) is 3.68. The number of rotatable bonds is 9. The minimum absolute atomic E-state index is 0.216. The van der Waals surface area contributed by atoms with E-state index in [1.165, 1.54) is 6.21 Å². The van der Waals surface area contributed by atoms with E-state index in [0.717, 1.165) is 12.0 Å². The number of ether oxygens (including phenoxy) is 3. The maximum atomic E-state index is 12.0. The van der Waals surface area contributed by atoms with E-state index in [1.54, 1.807) is 38.5 Å². The second-order valence-corrected chi connectivity index (χ2v) is 5.81. The van der Waals surface area contributed by atoms with Crippen molar-refractivity contribution in [1.82, 2.24) is 5.43 Å². The molecule has 7 heteroatoms. The van der Waals surface area contributed by atoms with Gasteiger partial charge in [0.25, 0.3) is 0 Å². The van der Waals surface area contributed by atoms with Crippen molar-refractivity contribution in [1.29, 1.82) is 0 Å². The second-order valence-electron chi connectivity index (χ2n) is 5.81. The average Bonchev–Trinajstić information content (AvgIpc) is 2.67. The molecule has 0 aromatic heterocycles. The first-order valence-electron chi connectivity index (χ1n) is 8.62. The summed E-state index contributed by atoms with van der Waals surface area (Å²) in [6.45, 7) is 2.58. The van der Waals surface area contributed by atoms with E-state index in [-0.39, 0.29) is 12.3 Å². The number of amides is 1. The summed E-state index contributed by atoms with van der Waals surface area (Å²) in [5.74, 6) is 1.40. The Morgan fingerprint density at radius 2 is 1.78 bits per heavy atom. The first kappa shape index (κ1) is 20.1. The largest absolute Gasteiger partial charge is 0.493 e. The van der Waals surface area contributed by atoms with Crippen LogP contribution in [0.15, 0.2) is 41.5 Å². The normalized spacial score (nSPS) is 10.6. The predicted octanol–water partition coefficient (Wildman–Crippen LogP) is 2.77. The molecule has 2 rings (SSSR count). The van der Waals surface area contributed by atoms with Crippen LogP contribution in [0.1, 0.15) is 24.5 Å². The van der Waals surface area contributed by atoms with Gasteiger partial charge in [-0.15, -0.1) is 0 Å². The molecule has 7 nitrogen and oxygen atoms in total. The number of hydrazone groups is 1. The molecular weight excluding hydrogens is 346 g/mol. The van der Waals surface area contributed by atoms with E-state index >= 15 is 0 Å². The second kappa shape index (κ2) is 10.1. The average molecular weight is 371 g/mol. The molecule has 0 radical (unpaired) electrons. The highest BCUT2D eigenvalue weighted by molar-refractivity contribution is 5.85. The van der Waals surface area contributed by atoms with Gasteiger partial charge in [-0.25, -0.2) is 5.43 Å². The molecule has 2 aromatic rings.